The second-order valence-corrected chi connectivity index (χ2v) is 14.7. The molecule has 0 radical (unpaired) electrons. The van der Waals surface area contributed by atoms with Crippen molar-refractivity contribution in [3.8, 4) is 0 Å². The van der Waals surface area contributed by atoms with Crippen molar-refractivity contribution < 1.29 is 18.4 Å². The molecule has 1 fully saturated rings. The first-order valence-corrected chi connectivity index (χ1v) is 17.1. The summed E-state index contributed by atoms with van der Waals surface area (Å²) >= 11 is 1.68. The lowest BCUT2D eigenvalue weighted by atomic mass is 10.0. The molecule has 0 spiro atoms. The molecule has 0 saturated carbocycles. The number of nitrogens with one attached hydrogen (secondary N) is 1. The fraction of sp³-hybridized carbons (Fsp3) is 0.433. The minimum atomic E-state index is -2.95. The van der Waals surface area contributed by atoms with Crippen LogP contribution < -0.4 is 16.0 Å². The normalized spacial score (nSPS) is 21.1. The van der Waals surface area contributed by atoms with Crippen molar-refractivity contribution in [3.05, 3.63) is 63.1 Å². The summed E-state index contributed by atoms with van der Waals surface area (Å²) in [6, 6.07) is 8.34. The lowest BCUT2D eigenvalue weighted by Gasteiger charge is -2.36. The molecule has 12 heteroatoms. The Balaban J connectivity index is 1.24. The predicted octanol–water partition coefficient (Wildman–Crippen LogP) is 1.65. The monoisotopic (exact) mass is 608 g/mol. The summed E-state index contributed by atoms with van der Waals surface area (Å²) in [4.78, 5) is 28.3. The molecular formula is C30H36N6O4S2. The lowest BCUT2D eigenvalue weighted by Crippen LogP contribution is -2.43. The maximum absolute atomic E-state index is 13.0. The average Bonchev–Trinajstić information content (AvgIpc) is 3.71. The highest BCUT2D eigenvalue weighted by Gasteiger charge is 2.28. The Morgan fingerprint density at radius 1 is 1.26 bits per heavy atom. The van der Waals surface area contributed by atoms with Crippen LogP contribution in [0.4, 0.5) is 0 Å². The zero-order valence-corrected chi connectivity index (χ0v) is 25.5. The molecule has 0 bridgehead atoms. The van der Waals surface area contributed by atoms with Gasteiger partial charge < -0.3 is 20.3 Å². The molecule has 5 heterocycles. The minimum Gasteiger partial charge on any atom is -0.426 e. The molecular weight excluding hydrogens is 573 g/mol. The van der Waals surface area contributed by atoms with E-state index in [-0.39, 0.29) is 34.5 Å². The molecule has 3 aliphatic rings. The molecule has 3 aliphatic heterocycles. The Hall–Kier alpha value is -3.48. The predicted molar refractivity (Wildman–Crippen MR) is 166 cm³/mol. The average molecular weight is 609 g/mol. The smallest absolute Gasteiger partial charge is 0.261 e. The third-order valence-corrected chi connectivity index (χ3v) is 10.9. The van der Waals surface area contributed by atoms with Crippen molar-refractivity contribution in [2.45, 2.75) is 51.7 Å². The van der Waals surface area contributed by atoms with Gasteiger partial charge in [-0.15, -0.1) is 11.3 Å². The van der Waals surface area contributed by atoms with E-state index in [1.54, 1.807) is 30.5 Å². The maximum atomic E-state index is 13.0. The highest BCUT2D eigenvalue weighted by atomic mass is 32.2. The second kappa shape index (κ2) is 11.7. The van der Waals surface area contributed by atoms with Crippen LogP contribution in [0.1, 0.15) is 37.1 Å². The number of aliphatic imine (C=N–C) groups is 1. The molecule has 1 aromatic carbocycles. The summed E-state index contributed by atoms with van der Waals surface area (Å²) < 4.78 is 24.8. The van der Waals surface area contributed by atoms with E-state index in [1.165, 1.54) is 4.88 Å². The van der Waals surface area contributed by atoms with Gasteiger partial charge in [-0.2, -0.15) is 4.73 Å². The van der Waals surface area contributed by atoms with Crippen molar-refractivity contribution in [2.75, 3.05) is 31.1 Å². The summed E-state index contributed by atoms with van der Waals surface area (Å²) in [5, 5.41) is 17.0. The zero-order valence-electron chi connectivity index (χ0n) is 23.9. The van der Waals surface area contributed by atoms with Crippen LogP contribution in [-0.2, 0) is 27.6 Å². The number of thiophene rings is 1. The second-order valence-electron chi connectivity index (χ2n) is 11.2. The van der Waals surface area contributed by atoms with Gasteiger partial charge in [-0.3, -0.25) is 9.79 Å². The molecule has 42 heavy (non-hydrogen) atoms. The van der Waals surface area contributed by atoms with Gasteiger partial charge in [0.05, 0.1) is 23.0 Å². The largest absolute Gasteiger partial charge is 0.426 e. The Bertz CT molecular complexity index is 1780. The van der Waals surface area contributed by atoms with Crippen LogP contribution in [0.3, 0.4) is 0 Å². The zero-order chi connectivity index (χ0) is 29.4. The summed E-state index contributed by atoms with van der Waals surface area (Å²) in [5.74, 6) is 0.0625. The van der Waals surface area contributed by atoms with Gasteiger partial charge in [0.2, 0.25) is 0 Å². The van der Waals surface area contributed by atoms with Gasteiger partial charge in [0.1, 0.15) is 11.1 Å². The molecule has 1 atom stereocenters. The van der Waals surface area contributed by atoms with Gasteiger partial charge in [-0.1, -0.05) is 13.0 Å². The number of nitrogens with zero attached hydrogens (tertiary/aromatic N) is 5. The van der Waals surface area contributed by atoms with Gasteiger partial charge in [0, 0.05) is 61.7 Å². The van der Waals surface area contributed by atoms with Crippen molar-refractivity contribution in [1.29, 1.82) is 0 Å². The third-order valence-electron chi connectivity index (χ3n) is 8.33. The molecule has 0 aliphatic carbocycles. The van der Waals surface area contributed by atoms with Gasteiger partial charge in [0.25, 0.3) is 5.91 Å². The van der Waals surface area contributed by atoms with Crippen LogP contribution in [-0.4, -0.2) is 88.0 Å². The van der Waals surface area contributed by atoms with Crippen LogP contribution in [0, 0.1) is 0 Å². The van der Waals surface area contributed by atoms with Crippen LogP contribution in [0.25, 0.3) is 22.8 Å². The van der Waals surface area contributed by atoms with Crippen LogP contribution >= 0.6 is 11.3 Å². The van der Waals surface area contributed by atoms with Crippen molar-refractivity contribution in [1.82, 2.24) is 24.8 Å². The Morgan fingerprint density at radius 3 is 2.81 bits per heavy atom. The first-order valence-electron chi connectivity index (χ1n) is 14.4. The number of piperidine rings is 1. The van der Waals surface area contributed by atoms with Crippen molar-refractivity contribution in [3.63, 3.8) is 0 Å². The molecule has 222 valence electrons. The van der Waals surface area contributed by atoms with Crippen molar-refractivity contribution >= 4 is 55.6 Å². The Kier molecular flexibility index (Phi) is 7.95. The van der Waals surface area contributed by atoms with Gasteiger partial charge in [0.15, 0.2) is 15.3 Å². The minimum absolute atomic E-state index is 0.0543. The van der Waals surface area contributed by atoms with Gasteiger partial charge in [-0.25, -0.2) is 13.4 Å². The van der Waals surface area contributed by atoms with Crippen LogP contribution in [0.5, 0.6) is 0 Å². The maximum Gasteiger partial charge on any atom is 0.261 e. The first kappa shape index (κ1) is 28.6. The molecule has 10 nitrogen and oxygen atoms in total. The number of sulfone groups is 1. The summed E-state index contributed by atoms with van der Waals surface area (Å²) in [6.45, 7) is 6.82. The van der Waals surface area contributed by atoms with E-state index in [0.29, 0.717) is 29.3 Å². The molecule has 3 aromatic rings. The number of allylic oxidation sites excluding steroid dienone is 1. The first-order chi connectivity index (χ1) is 20.2. The highest BCUT2D eigenvalue weighted by molar-refractivity contribution is 7.91. The molecule has 1 saturated heterocycles. The number of aromatic nitrogens is 2. The number of hydrogen-bond acceptors (Lipinski definition) is 9. The third kappa shape index (κ3) is 5.88. The summed E-state index contributed by atoms with van der Waals surface area (Å²) in [5.41, 5.74) is 3.20. The quantitative estimate of drug-likeness (QED) is 0.373. The van der Waals surface area contributed by atoms with E-state index in [0.717, 1.165) is 54.4 Å². The van der Waals surface area contributed by atoms with Crippen molar-refractivity contribution in [2.24, 2.45) is 4.99 Å². The van der Waals surface area contributed by atoms with E-state index in [1.807, 2.05) is 30.5 Å². The van der Waals surface area contributed by atoms with Gasteiger partial charge in [-0.05, 0) is 60.2 Å². The number of benzene rings is 1. The Labute approximate surface area is 249 Å². The summed E-state index contributed by atoms with van der Waals surface area (Å²) in [7, 11) is -2.95. The molecule has 2 N–H and O–H groups in total. The number of likely N-dealkylation sites (tertiary alicyclic amines) is 1. The molecule has 1 unspecified atom stereocenters. The highest BCUT2D eigenvalue weighted by Crippen LogP contribution is 2.23. The van der Waals surface area contributed by atoms with E-state index >= 15 is 0 Å². The van der Waals surface area contributed by atoms with Gasteiger partial charge >= 0.3 is 0 Å². The van der Waals surface area contributed by atoms with Crippen LogP contribution in [0.15, 0.2) is 46.9 Å². The number of carbonyl (C=O) groups is 1. The molecule has 1 amide bonds. The fourth-order valence-corrected chi connectivity index (χ4v) is 7.58. The summed E-state index contributed by atoms with van der Waals surface area (Å²) in [6.07, 6.45) is 8.17. The molecule has 2 aromatic heterocycles. The number of imidazole rings is 1. The van der Waals surface area contributed by atoms with E-state index < -0.39 is 9.84 Å². The fourth-order valence-electron chi connectivity index (χ4n) is 5.93. The van der Waals surface area contributed by atoms with E-state index in [9.17, 15) is 18.4 Å². The molecule has 6 rings (SSSR count). The topological polar surface area (TPSA) is 120 Å². The number of fused-ring (bicyclic) bond motifs is 2. The van der Waals surface area contributed by atoms with E-state index in [4.69, 9.17) is 9.98 Å². The number of hydrogen-bond donors (Lipinski definition) is 2. The Morgan fingerprint density at radius 2 is 2.07 bits per heavy atom. The van der Waals surface area contributed by atoms with E-state index in [2.05, 4.69) is 27.4 Å². The number of amides is 1. The SMILES string of the molecule is CCS(=O)(=O)CCN1CCC(N2C=c3cc4c(cc3C2)nc(=C2C(=O)NC=CC2=NC(C)Cc2cccs2)n4O)CC1. The number of carbonyl (C=O) groups excluding carboxylic acids is 1. The standard InChI is InChI=1S/C30H36N6O4S2/c1-3-42(39,40)14-12-34-10-7-23(8-11-34)35-18-21-16-26-27(17-22(21)19-35)36(38)29(33-26)28-25(6-9-31-30(28)37)32-20(2)15-24-5-4-13-41-24/h4-6,9,13,16-17,19-20,23,38H,3,7-8,10-12,14-15,18H2,1-2H3,(H,31,37). The van der Waals surface area contributed by atoms with Crippen LogP contribution in [0.2, 0.25) is 0 Å². The lowest BCUT2D eigenvalue weighted by molar-refractivity contribution is -0.114. The number of rotatable bonds is 8.